The minimum absolute atomic E-state index is 0.0646. The van der Waals surface area contributed by atoms with E-state index in [1.54, 1.807) is 24.3 Å². The lowest BCUT2D eigenvalue weighted by molar-refractivity contribution is -0.113. The second-order valence-corrected chi connectivity index (χ2v) is 10.4. The van der Waals surface area contributed by atoms with E-state index < -0.39 is 21.9 Å². The summed E-state index contributed by atoms with van der Waals surface area (Å²) in [4.78, 5) is 23.8. The van der Waals surface area contributed by atoms with Crippen molar-refractivity contribution in [2.45, 2.75) is 18.2 Å². The first-order valence-corrected chi connectivity index (χ1v) is 13.7. The van der Waals surface area contributed by atoms with Crippen molar-refractivity contribution in [1.82, 2.24) is 0 Å². The fourth-order valence-corrected chi connectivity index (χ4v) is 5.79. The first-order valence-electron chi connectivity index (χ1n) is 12.3. The molecule has 0 bridgehead atoms. The average Bonchev–Trinajstić information content (AvgIpc) is 2.97. The zero-order chi connectivity index (χ0) is 28.0. The number of amides is 1. The van der Waals surface area contributed by atoms with Crippen molar-refractivity contribution in [3.05, 3.63) is 144 Å². The summed E-state index contributed by atoms with van der Waals surface area (Å²) in [6.07, 6.45) is 1.69. The standard InChI is InChI=1S/C32H27NO5S/c1-3-29(23-11-7-5-8-12-23)31(24-13-9-6-10-14-24)25-15-19-27(20-16-25)33(30(34)4-2)39(37,38)28-21-17-26(18-22-28)32(35)36/h4-22H,2-3H2,1H3,(H,35,36). The lowest BCUT2D eigenvalue weighted by Gasteiger charge is -2.22. The van der Waals surface area contributed by atoms with Crippen LogP contribution in [0.1, 0.15) is 40.4 Å². The summed E-state index contributed by atoms with van der Waals surface area (Å²) in [5.41, 5.74) is 5.15. The second-order valence-electron chi connectivity index (χ2n) is 8.63. The van der Waals surface area contributed by atoms with Crippen molar-refractivity contribution in [2.75, 3.05) is 4.31 Å². The van der Waals surface area contributed by atoms with Gasteiger partial charge in [-0.25, -0.2) is 13.2 Å². The van der Waals surface area contributed by atoms with Gasteiger partial charge >= 0.3 is 5.97 Å². The minimum Gasteiger partial charge on any atom is -0.478 e. The van der Waals surface area contributed by atoms with Gasteiger partial charge in [-0.2, -0.15) is 4.31 Å². The van der Waals surface area contributed by atoms with Gasteiger partial charge in [0.05, 0.1) is 16.1 Å². The molecule has 6 nitrogen and oxygen atoms in total. The first-order chi connectivity index (χ1) is 18.8. The summed E-state index contributed by atoms with van der Waals surface area (Å²) >= 11 is 0. The molecule has 39 heavy (non-hydrogen) atoms. The van der Waals surface area contributed by atoms with E-state index >= 15 is 0 Å². The van der Waals surface area contributed by atoms with E-state index in [1.807, 2.05) is 48.5 Å². The normalized spacial score (nSPS) is 11.8. The van der Waals surface area contributed by atoms with E-state index in [2.05, 4.69) is 25.6 Å². The van der Waals surface area contributed by atoms with Gasteiger partial charge < -0.3 is 5.11 Å². The molecule has 4 aromatic rings. The molecule has 7 heteroatoms. The summed E-state index contributed by atoms with van der Waals surface area (Å²) in [5.74, 6) is -2.01. The number of allylic oxidation sites excluding steroid dienone is 1. The van der Waals surface area contributed by atoms with Crippen LogP contribution in [0.5, 0.6) is 0 Å². The zero-order valence-corrected chi connectivity index (χ0v) is 22.1. The number of nitrogens with zero attached hydrogens (tertiary/aromatic N) is 1. The van der Waals surface area contributed by atoms with Crippen LogP contribution in [-0.4, -0.2) is 25.4 Å². The van der Waals surface area contributed by atoms with Crippen molar-refractivity contribution in [1.29, 1.82) is 0 Å². The molecule has 0 spiro atoms. The van der Waals surface area contributed by atoms with Crippen LogP contribution in [0.25, 0.3) is 11.1 Å². The molecular formula is C32H27NO5S. The molecule has 0 unspecified atom stereocenters. The van der Waals surface area contributed by atoms with Crippen molar-refractivity contribution in [3.8, 4) is 0 Å². The smallest absolute Gasteiger partial charge is 0.335 e. The number of carboxylic acids is 1. The molecule has 0 aliphatic rings. The third kappa shape index (κ3) is 5.73. The Labute approximate surface area is 228 Å². The van der Waals surface area contributed by atoms with Gasteiger partial charge in [-0.15, -0.1) is 0 Å². The highest BCUT2D eigenvalue weighted by molar-refractivity contribution is 7.93. The van der Waals surface area contributed by atoms with Crippen molar-refractivity contribution < 1.29 is 23.1 Å². The maximum atomic E-state index is 13.5. The number of sulfonamides is 1. The number of hydrogen-bond acceptors (Lipinski definition) is 4. The minimum atomic E-state index is -4.35. The number of carboxylic acid groups (broad SMARTS) is 1. The predicted molar refractivity (Wildman–Crippen MR) is 154 cm³/mol. The highest BCUT2D eigenvalue weighted by atomic mass is 32.2. The number of benzene rings is 4. The van der Waals surface area contributed by atoms with Crippen LogP contribution in [0.4, 0.5) is 5.69 Å². The maximum Gasteiger partial charge on any atom is 0.335 e. The third-order valence-corrected chi connectivity index (χ3v) is 7.98. The largest absolute Gasteiger partial charge is 0.478 e. The Bertz CT molecular complexity index is 1620. The number of aromatic carboxylic acids is 1. The monoisotopic (exact) mass is 537 g/mol. The molecule has 0 heterocycles. The summed E-state index contributed by atoms with van der Waals surface area (Å²) in [6, 6.07) is 31.5. The number of carbonyl (C=O) groups is 2. The van der Waals surface area contributed by atoms with Gasteiger partial charge in [-0.1, -0.05) is 86.3 Å². The molecule has 0 atom stereocenters. The molecule has 196 valence electrons. The summed E-state index contributed by atoms with van der Waals surface area (Å²) in [6.45, 7) is 5.55. The van der Waals surface area contributed by atoms with Crippen molar-refractivity contribution in [3.63, 3.8) is 0 Å². The number of hydrogen-bond donors (Lipinski definition) is 1. The van der Waals surface area contributed by atoms with Crippen molar-refractivity contribution >= 4 is 38.7 Å². The summed E-state index contributed by atoms with van der Waals surface area (Å²) in [5, 5.41) is 9.14. The van der Waals surface area contributed by atoms with Crippen LogP contribution in [-0.2, 0) is 14.8 Å². The maximum absolute atomic E-state index is 13.5. The molecule has 0 saturated carbocycles. The van der Waals surface area contributed by atoms with E-state index in [9.17, 15) is 18.0 Å². The first kappa shape index (κ1) is 27.3. The summed E-state index contributed by atoms with van der Waals surface area (Å²) in [7, 11) is -4.35. The van der Waals surface area contributed by atoms with Crippen LogP contribution in [0.3, 0.4) is 0 Å². The molecule has 0 radical (unpaired) electrons. The quantitative estimate of drug-likeness (QED) is 0.190. The van der Waals surface area contributed by atoms with Crippen molar-refractivity contribution in [2.24, 2.45) is 0 Å². The van der Waals surface area contributed by atoms with Gasteiger partial charge in [-0.3, -0.25) is 4.79 Å². The molecule has 1 amide bonds. The van der Waals surface area contributed by atoms with E-state index in [4.69, 9.17) is 5.11 Å². The van der Waals surface area contributed by atoms with Gasteiger partial charge in [0.25, 0.3) is 15.9 Å². The summed E-state index contributed by atoms with van der Waals surface area (Å²) < 4.78 is 27.7. The Morgan fingerprint density at radius 3 is 1.72 bits per heavy atom. The van der Waals surface area contributed by atoms with Gasteiger partial charge in [-0.05, 0) is 76.7 Å². The number of carbonyl (C=O) groups excluding carboxylic acids is 1. The van der Waals surface area contributed by atoms with Crippen LogP contribution in [0, 0.1) is 0 Å². The highest BCUT2D eigenvalue weighted by Crippen LogP contribution is 2.35. The fourth-order valence-electron chi connectivity index (χ4n) is 4.39. The van der Waals surface area contributed by atoms with E-state index in [0.29, 0.717) is 4.31 Å². The highest BCUT2D eigenvalue weighted by Gasteiger charge is 2.30. The average molecular weight is 538 g/mol. The Hall–Kier alpha value is -4.75. The molecule has 0 aliphatic heterocycles. The topological polar surface area (TPSA) is 91.8 Å². The SMILES string of the molecule is C=CC(=O)N(c1ccc(C(=C(CC)c2ccccc2)c2ccccc2)cc1)S(=O)(=O)c1ccc(C(=O)O)cc1. The second kappa shape index (κ2) is 11.8. The van der Waals surface area contributed by atoms with Crippen LogP contribution < -0.4 is 4.31 Å². The Balaban J connectivity index is 1.83. The van der Waals surface area contributed by atoms with Crippen LogP contribution in [0.15, 0.2) is 127 Å². The third-order valence-electron chi connectivity index (χ3n) is 6.24. The van der Waals surface area contributed by atoms with Gasteiger partial charge in [0, 0.05) is 0 Å². The Morgan fingerprint density at radius 2 is 1.23 bits per heavy atom. The van der Waals surface area contributed by atoms with Gasteiger partial charge in [0.1, 0.15) is 0 Å². The molecule has 0 aliphatic carbocycles. The van der Waals surface area contributed by atoms with E-state index in [-0.39, 0.29) is 16.1 Å². The van der Waals surface area contributed by atoms with Crippen LogP contribution >= 0.6 is 0 Å². The van der Waals surface area contributed by atoms with Crippen LogP contribution in [0.2, 0.25) is 0 Å². The molecular weight excluding hydrogens is 510 g/mol. The molecule has 0 fully saturated rings. The molecule has 0 aromatic heterocycles. The lowest BCUT2D eigenvalue weighted by Crippen LogP contribution is -2.35. The number of rotatable bonds is 9. The van der Waals surface area contributed by atoms with Gasteiger partial charge in [0.15, 0.2) is 0 Å². The van der Waals surface area contributed by atoms with E-state index in [1.165, 1.54) is 24.3 Å². The van der Waals surface area contributed by atoms with Gasteiger partial charge in [0.2, 0.25) is 0 Å². The molecule has 1 N–H and O–H groups in total. The van der Waals surface area contributed by atoms with E-state index in [0.717, 1.165) is 40.3 Å². The lowest BCUT2D eigenvalue weighted by atomic mass is 9.88. The molecule has 4 rings (SSSR count). The fraction of sp³-hybridized carbons (Fsp3) is 0.0625. The predicted octanol–water partition coefficient (Wildman–Crippen LogP) is 6.66. The Morgan fingerprint density at radius 1 is 0.744 bits per heavy atom. The zero-order valence-electron chi connectivity index (χ0n) is 21.3. The Kier molecular flexibility index (Phi) is 8.22. The molecule has 4 aromatic carbocycles. The molecule has 0 saturated heterocycles. The number of anilines is 1.